The molecule has 1 atom stereocenters. The van der Waals surface area contributed by atoms with Gasteiger partial charge in [-0.15, -0.1) is 0 Å². The molecule has 5 rings (SSSR count). The van der Waals surface area contributed by atoms with Gasteiger partial charge in [-0.1, -0.05) is 119 Å². The van der Waals surface area contributed by atoms with Crippen LogP contribution in [0.4, 0.5) is 5.69 Å². The normalized spacial score (nSPS) is 11.8. The topological polar surface area (TPSA) is 130 Å². The molecular weight excluding hydrogens is 694 g/mol. The van der Waals surface area contributed by atoms with Crippen molar-refractivity contribution in [3.63, 3.8) is 0 Å². The first-order chi connectivity index (χ1) is 25.8. The molecule has 0 spiro atoms. The van der Waals surface area contributed by atoms with Crippen LogP contribution >= 0.6 is 11.6 Å². The molecule has 0 aliphatic carbocycles. The molecule has 2 heterocycles. The van der Waals surface area contributed by atoms with Crippen LogP contribution in [0.3, 0.4) is 0 Å². The molecule has 53 heavy (non-hydrogen) atoms. The van der Waals surface area contributed by atoms with Crippen molar-refractivity contribution in [1.82, 2.24) is 18.7 Å². The van der Waals surface area contributed by atoms with Gasteiger partial charge >= 0.3 is 5.69 Å². The summed E-state index contributed by atoms with van der Waals surface area (Å²) in [7, 11) is 1.48. The molecule has 5 aromatic rings. The number of amides is 1. The summed E-state index contributed by atoms with van der Waals surface area (Å²) in [6, 6.07) is 19.5. The Morgan fingerprint density at radius 1 is 0.868 bits per heavy atom. The third kappa shape index (κ3) is 9.50. The van der Waals surface area contributed by atoms with Gasteiger partial charge in [0, 0.05) is 11.6 Å². The fourth-order valence-electron chi connectivity index (χ4n) is 6.71. The molecule has 0 saturated carbocycles. The highest BCUT2D eigenvalue weighted by atomic mass is 35.5. The second kappa shape index (κ2) is 19.2. The molecule has 2 N–H and O–H groups in total. The van der Waals surface area contributed by atoms with E-state index in [0.717, 1.165) is 35.8 Å². The molecule has 0 bridgehead atoms. The number of ether oxygens (including phenoxy) is 2. The van der Waals surface area contributed by atoms with Crippen molar-refractivity contribution in [1.29, 1.82) is 0 Å². The lowest BCUT2D eigenvalue weighted by molar-refractivity contribution is -0.118. The number of nitrogens with one attached hydrogen (secondary N) is 1. The Hall–Kier alpha value is -5.03. The maximum Gasteiger partial charge on any atom is 0.335 e. The minimum Gasteiger partial charge on any atom is -0.495 e. The van der Waals surface area contributed by atoms with E-state index in [1.165, 1.54) is 50.2 Å². The van der Waals surface area contributed by atoms with E-state index in [9.17, 15) is 19.5 Å². The van der Waals surface area contributed by atoms with E-state index < -0.39 is 29.1 Å². The number of methoxy groups -OCH3 is 1. The van der Waals surface area contributed by atoms with Crippen LogP contribution in [0.5, 0.6) is 17.5 Å². The van der Waals surface area contributed by atoms with Gasteiger partial charge in [-0.25, -0.2) is 9.36 Å². The maximum atomic E-state index is 14.7. The van der Waals surface area contributed by atoms with Gasteiger partial charge in [-0.2, -0.15) is 4.98 Å². The number of aromatic hydroxyl groups is 1. The second-order valence-corrected chi connectivity index (χ2v) is 13.6. The fourth-order valence-corrected chi connectivity index (χ4v) is 6.88. The minimum atomic E-state index is -1.60. The molecule has 1 amide bonds. The predicted octanol–water partition coefficient (Wildman–Crippen LogP) is 8.32. The number of halogens is 1. The van der Waals surface area contributed by atoms with Gasteiger partial charge in [0.25, 0.3) is 23.2 Å². The lowest BCUT2D eigenvalue weighted by Gasteiger charge is -2.23. The van der Waals surface area contributed by atoms with E-state index in [0.29, 0.717) is 28.5 Å². The maximum absolute atomic E-state index is 14.7. The molecule has 0 aliphatic heterocycles. The summed E-state index contributed by atoms with van der Waals surface area (Å²) in [5.74, 6) is -1.01. The van der Waals surface area contributed by atoms with Gasteiger partial charge in [0.05, 0.1) is 36.9 Å². The Bertz CT molecular complexity index is 2090. The standard InChI is InChI=1S/C41H50ClN5O6/c1-4-6-7-8-9-10-11-12-13-19-26-45-33-25-24-30(42)27-31(33)37(48)44-36(45)35(38(49)43-32-22-17-18-23-34(32)52-3)47-39(50)40(53-5-2)46(41(47)51)28-29-20-15-14-16-21-29/h14-18,20-25,27,35,50H,4-13,19,26,28H2,1-3H3,(H,43,49). The molecule has 0 saturated heterocycles. The molecule has 1 unspecified atom stereocenters. The molecule has 0 fully saturated rings. The van der Waals surface area contributed by atoms with Gasteiger partial charge in [0.15, 0.2) is 6.04 Å². The van der Waals surface area contributed by atoms with Crippen molar-refractivity contribution >= 4 is 34.1 Å². The lowest BCUT2D eigenvalue weighted by atomic mass is 10.1. The number of anilines is 1. The van der Waals surface area contributed by atoms with Crippen LogP contribution in [0.1, 0.15) is 95.5 Å². The molecule has 0 aliphatic rings. The molecular formula is C41H50ClN5O6. The number of hydrogen-bond donors (Lipinski definition) is 2. The summed E-state index contributed by atoms with van der Waals surface area (Å²) in [4.78, 5) is 47.3. The average molecular weight is 744 g/mol. The molecule has 282 valence electrons. The van der Waals surface area contributed by atoms with E-state index >= 15 is 0 Å². The number of hydrogen-bond acceptors (Lipinski definition) is 7. The van der Waals surface area contributed by atoms with Crippen LogP contribution in [0.25, 0.3) is 10.9 Å². The zero-order valence-corrected chi connectivity index (χ0v) is 31.6. The van der Waals surface area contributed by atoms with Gasteiger partial charge in [-0.05, 0) is 49.2 Å². The number of unbranched alkanes of at least 4 members (excludes halogenated alkanes) is 9. The van der Waals surface area contributed by atoms with E-state index in [1.807, 2.05) is 30.3 Å². The molecule has 0 radical (unpaired) electrons. The fraction of sp³-hybridized carbons (Fsp3) is 0.415. The van der Waals surface area contributed by atoms with Gasteiger partial charge in [-0.3, -0.25) is 14.2 Å². The summed E-state index contributed by atoms with van der Waals surface area (Å²) in [6.45, 7) is 4.56. The summed E-state index contributed by atoms with van der Waals surface area (Å²) < 4.78 is 15.4. The number of aryl methyl sites for hydroxylation is 1. The largest absolute Gasteiger partial charge is 0.495 e. The van der Waals surface area contributed by atoms with E-state index in [-0.39, 0.29) is 30.2 Å². The van der Waals surface area contributed by atoms with Crippen LogP contribution in [0.2, 0.25) is 5.02 Å². The van der Waals surface area contributed by atoms with Crippen LogP contribution in [-0.4, -0.2) is 43.4 Å². The van der Waals surface area contributed by atoms with E-state index in [1.54, 1.807) is 54.0 Å². The Morgan fingerprint density at radius 3 is 2.21 bits per heavy atom. The number of rotatable bonds is 20. The third-order valence-corrected chi connectivity index (χ3v) is 9.62. The number of nitrogens with zero attached hydrogens (tertiary/aromatic N) is 4. The van der Waals surface area contributed by atoms with Crippen LogP contribution in [-0.2, 0) is 17.9 Å². The SMILES string of the molecule is CCCCCCCCCCCCn1c(C(C(=O)Nc2ccccc2OC)n2c(O)c(OCC)n(Cc3ccccc3)c2=O)nc(=O)c2cc(Cl)ccc21. The summed E-state index contributed by atoms with van der Waals surface area (Å²) in [5.41, 5.74) is 0.291. The van der Waals surface area contributed by atoms with Crippen LogP contribution in [0, 0.1) is 0 Å². The van der Waals surface area contributed by atoms with Crippen LogP contribution < -0.4 is 26.0 Å². The Morgan fingerprint density at radius 2 is 1.53 bits per heavy atom. The number of carbonyl (C=O) groups is 1. The number of imidazole rings is 1. The summed E-state index contributed by atoms with van der Waals surface area (Å²) in [5, 5.41) is 15.3. The van der Waals surface area contributed by atoms with Crippen molar-refractivity contribution in [2.75, 3.05) is 19.0 Å². The highest BCUT2D eigenvalue weighted by molar-refractivity contribution is 6.31. The molecule has 3 aromatic carbocycles. The lowest BCUT2D eigenvalue weighted by Crippen LogP contribution is -2.38. The zero-order chi connectivity index (χ0) is 37.7. The van der Waals surface area contributed by atoms with E-state index in [2.05, 4.69) is 17.2 Å². The van der Waals surface area contributed by atoms with Crippen molar-refractivity contribution in [3.8, 4) is 17.5 Å². The van der Waals surface area contributed by atoms with Crippen molar-refractivity contribution < 1.29 is 19.4 Å². The molecule has 2 aromatic heterocycles. The first-order valence-electron chi connectivity index (χ1n) is 18.6. The Labute approximate surface area is 315 Å². The quantitative estimate of drug-likeness (QED) is 0.0767. The predicted molar refractivity (Wildman–Crippen MR) is 210 cm³/mol. The molecule has 11 nitrogen and oxygen atoms in total. The smallest absolute Gasteiger partial charge is 0.335 e. The molecule has 12 heteroatoms. The first-order valence-corrected chi connectivity index (χ1v) is 19.0. The number of fused-ring (bicyclic) bond motifs is 1. The monoisotopic (exact) mass is 743 g/mol. The minimum absolute atomic E-state index is 0.00884. The number of para-hydroxylation sites is 2. The number of carbonyl (C=O) groups excluding carboxylic acids is 1. The number of aromatic nitrogens is 4. The zero-order valence-electron chi connectivity index (χ0n) is 30.9. The van der Waals surface area contributed by atoms with E-state index in [4.69, 9.17) is 21.1 Å². The van der Waals surface area contributed by atoms with Gasteiger partial charge < -0.3 is 24.5 Å². The third-order valence-electron chi connectivity index (χ3n) is 9.39. The Kier molecular flexibility index (Phi) is 14.2. The summed E-state index contributed by atoms with van der Waals surface area (Å²) >= 11 is 6.34. The first kappa shape index (κ1) is 39.2. The van der Waals surface area contributed by atoms with Crippen molar-refractivity contribution in [2.24, 2.45) is 0 Å². The highest BCUT2D eigenvalue weighted by Crippen LogP contribution is 2.34. The number of benzene rings is 3. The van der Waals surface area contributed by atoms with Crippen molar-refractivity contribution in [2.45, 2.75) is 97.2 Å². The van der Waals surface area contributed by atoms with Crippen molar-refractivity contribution in [3.05, 3.63) is 110 Å². The highest BCUT2D eigenvalue weighted by Gasteiger charge is 2.36. The average Bonchev–Trinajstić information content (AvgIpc) is 3.38. The van der Waals surface area contributed by atoms with Crippen LogP contribution in [0.15, 0.2) is 82.4 Å². The van der Waals surface area contributed by atoms with Gasteiger partial charge in [0.2, 0.25) is 0 Å². The van der Waals surface area contributed by atoms with Gasteiger partial charge in [0.1, 0.15) is 11.6 Å². The second-order valence-electron chi connectivity index (χ2n) is 13.1. The summed E-state index contributed by atoms with van der Waals surface area (Å²) in [6.07, 6.45) is 11.3. The Balaban J connectivity index is 1.61.